The van der Waals surface area contributed by atoms with Gasteiger partial charge in [0, 0.05) is 23.8 Å². The zero-order valence-corrected chi connectivity index (χ0v) is 12.6. The van der Waals surface area contributed by atoms with Crippen molar-refractivity contribution >= 4 is 11.7 Å². The van der Waals surface area contributed by atoms with Crippen molar-refractivity contribution in [1.29, 1.82) is 0 Å². The number of carbonyl (C=O) groups excluding carboxylic acids is 1. The number of aromatic nitrogens is 1. The van der Waals surface area contributed by atoms with Gasteiger partial charge in [-0.15, -0.1) is 0 Å². The average Bonchev–Trinajstić information content (AvgIpc) is 3.23. The molecule has 0 bridgehead atoms. The summed E-state index contributed by atoms with van der Waals surface area (Å²) in [6.45, 7) is 5.11. The molecule has 0 radical (unpaired) electrons. The molecule has 1 amide bonds. The second-order valence-corrected chi connectivity index (χ2v) is 5.61. The fraction of sp³-hybridized carbons (Fsp3) is 0.625. The number of rotatable bonds is 7. The fourth-order valence-corrected chi connectivity index (χ4v) is 2.45. The quantitative estimate of drug-likeness (QED) is 0.832. The van der Waals surface area contributed by atoms with Gasteiger partial charge in [0.15, 0.2) is 0 Å². The Balaban J connectivity index is 2.17. The van der Waals surface area contributed by atoms with E-state index in [1.54, 1.807) is 6.07 Å². The van der Waals surface area contributed by atoms with Crippen LogP contribution in [0.25, 0.3) is 0 Å². The van der Waals surface area contributed by atoms with E-state index in [-0.39, 0.29) is 5.91 Å². The molecule has 0 aromatic carbocycles. The first-order valence-electron chi connectivity index (χ1n) is 7.73. The number of nitrogens with two attached hydrogens (primary N) is 1. The summed E-state index contributed by atoms with van der Waals surface area (Å²) in [5, 5.41) is 0. The predicted molar refractivity (Wildman–Crippen MR) is 81.6 cm³/mol. The normalized spacial score (nSPS) is 14.3. The molecule has 1 aliphatic rings. The lowest BCUT2D eigenvalue weighted by molar-refractivity contribution is 0.0740. The Labute approximate surface area is 121 Å². The number of nitrogens with zero attached hydrogens (tertiary/aromatic N) is 2. The standard InChI is InChI=1S/C16H25N3O/c1-3-5-9-19(14-7-8-14)16(20)12-10-13(6-4-2)18-15(17)11-12/h10-11,14H,3-9H2,1-2H3,(H2,17,18). The van der Waals surface area contributed by atoms with Crippen LogP contribution in [-0.2, 0) is 6.42 Å². The van der Waals surface area contributed by atoms with Crippen molar-refractivity contribution in [2.24, 2.45) is 0 Å². The molecule has 4 nitrogen and oxygen atoms in total. The van der Waals surface area contributed by atoms with Gasteiger partial charge in [0.05, 0.1) is 0 Å². The summed E-state index contributed by atoms with van der Waals surface area (Å²) in [7, 11) is 0. The highest BCUT2D eigenvalue weighted by atomic mass is 16.2. The molecule has 20 heavy (non-hydrogen) atoms. The van der Waals surface area contributed by atoms with Crippen LogP contribution in [0.3, 0.4) is 0 Å². The Kier molecular flexibility index (Phi) is 4.99. The third kappa shape index (κ3) is 3.71. The first-order valence-corrected chi connectivity index (χ1v) is 7.73. The minimum Gasteiger partial charge on any atom is -0.384 e. The van der Waals surface area contributed by atoms with E-state index < -0.39 is 0 Å². The molecule has 1 aromatic rings. The summed E-state index contributed by atoms with van der Waals surface area (Å²) in [6.07, 6.45) is 6.31. The molecule has 1 aliphatic carbocycles. The van der Waals surface area contributed by atoms with E-state index in [0.29, 0.717) is 17.4 Å². The molecular formula is C16H25N3O. The number of aryl methyl sites for hydroxylation is 1. The van der Waals surface area contributed by atoms with Crippen molar-refractivity contribution in [1.82, 2.24) is 9.88 Å². The Bertz CT molecular complexity index is 469. The first-order chi connectivity index (χ1) is 9.65. The van der Waals surface area contributed by atoms with Crippen LogP contribution in [0.15, 0.2) is 12.1 Å². The van der Waals surface area contributed by atoms with E-state index in [2.05, 4.69) is 18.8 Å². The highest BCUT2D eigenvalue weighted by Gasteiger charge is 2.32. The van der Waals surface area contributed by atoms with Gasteiger partial charge in [-0.05, 0) is 37.8 Å². The molecule has 1 heterocycles. The summed E-state index contributed by atoms with van der Waals surface area (Å²) >= 11 is 0. The topological polar surface area (TPSA) is 59.2 Å². The predicted octanol–water partition coefficient (Wildman–Crippen LogP) is 3.02. The van der Waals surface area contributed by atoms with Gasteiger partial charge < -0.3 is 10.6 Å². The van der Waals surface area contributed by atoms with E-state index in [1.807, 2.05) is 11.0 Å². The van der Waals surface area contributed by atoms with Crippen molar-refractivity contribution in [3.8, 4) is 0 Å². The van der Waals surface area contributed by atoms with E-state index in [9.17, 15) is 4.79 Å². The number of unbranched alkanes of at least 4 members (excludes halogenated alkanes) is 1. The van der Waals surface area contributed by atoms with Gasteiger partial charge in [-0.25, -0.2) is 4.98 Å². The van der Waals surface area contributed by atoms with Crippen LogP contribution in [0.5, 0.6) is 0 Å². The maximum absolute atomic E-state index is 12.7. The minimum absolute atomic E-state index is 0.118. The number of anilines is 1. The highest BCUT2D eigenvalue weighted by molar-refractivity contribution is 5.95. The second kappa shape index (κ2) is 6.73. The van der Waals surface area contributed by atoms with Gasteiger partial charge >= 0.3 is 0 Å². The molecule has 0 atom stereocenters. The second-order valence-electron chi connectivity index (χ2n) is 5.61. The summed E-state index contributed by atoms with van der Waals surface area (Å²) < 4.78 is 0. The van der Waals surface area contributed by atoms with Crippen LogP contribution in [0, 0.1) is 0 Å². The van der Waals surface area contributed by atoms with Crippen LogP contribution in [0.1, 0.15) is 62.0 Å². The summed E-state index contributed by atoms with van der Waals surface area (Å²) in [5.74, 6) is 0.568. The lowest BCUT2D eigenvalue weighted by atomic mass is 10.1. The van der Waals surface area contributed by atoms with Gasteiger partial charge in [-0.2, -0.15) is 0 Å². The molecule has 2 N–H and O–H groups in total. The monoisotopic (exact) mass is 275 g/mol. The van der Waals surface area contributed by atoms with Gasteiger partial charge in [-0.3, -0.25) is 4.79 Å². The maximum Gasteiger partial charge on any atom is 0.254 e. The molecule has 0 aliphatic heterocycles. The third-order valence-electron chi connectivity index (χ3n) is 3.65. The molecule has 0 saturated heterocycles. The zero-order chi connectivity index (χ0) is 14.5. The van der Waals surface area contributed by atoms with Crippen molar-refractivity contribution in [2.45, 2.75) is 58.4 Å². The van der Waals surface area contributed by atoms with Crippen LogP contribution < -0.4 is 5.73 Å². The number of amides is 1. The van der Waals surface area contributed by atoms with E-state index >= 15 is 0 Å². The van der Waals surface area contributed by atoms with Crippen LogP contribution >= 0.6 is 0 Å². The van der Waals surface area contributed by atoms with E-state index in [4.69, 9.17) is 5.73 Å². The zero-order valence-electron chi connectivity index (χ0n) is 12.6. The van der Waals surface area contributed by atoms with E-state index in [1.165, 1.54) is 0 Å². The minimum atomic E-state index is 0.118. The number of nitrogen functional groups attached to an aromatic ring is 1. The Morgan fingerprint density at radius 1 is 1.35 bits per heavy atom. The van der Waals surface area contributed by atoms with Crippen LogP contribution in [0.4, 0.5) is 5.82 Å². The lowest BCUT2D eigenvalue weighted by Gasteiger charge is -2.22. The smallest absolute Gasteiger partial charge is 0.254 e. The molecule has 0 unspecified atom stereocenters. The van der Waals surface area contributed by atoms with Gasteiger partial charge in [0.2, 0.25) is 0 Å². The summed E-state index contributed by atoms with van der Waals surface area (Å²) in [4.78, 5) is 19.0. The number of hydrogen-bond donors (Lipinski definition) is 1. The molecule has 4 heteroatoms. The van der Waals surface area contributed by atoms with Gasteiger partial charge in [0.1, 0.15) is 5.82 Å². The SMILES string of the molecule is CCCCN(C(=O)c1cc(N)nc(CCC)c1)C1CC1. The van der Waals surface area contributed by atoms with Gasteiger partial charge in [-0.1, -0.05) is 26.7 Å². The number of hydrogen-bond acceptors (Lipinski definition) is 3. The van der Waals surface area contributed by atoms with E-state index in [0.717, 1.165) is 50.8 Å². The molecule has 1 saturated carbocycles. The number of carbonyl (C=O) groups is 1. The molecular weight excluding hydrogens is 250 g/mol. The molecule has 1 fully saturated rings. The average molecular weight is 275 g/mol. The first kappa shape index (κ1) is 14.8. The lowest BCUT2D eigenvalue weighted by Crippen LogP contribution is -2.34. The molecule has 110 valence electrons. The van der Waals surface area contributed by atoms with Crippen molar-refractivity contribution < 1.29 is 4.79 Å². The molecule has 1 aromatic heterocycles. The van der Waals surface area contributed by atoms with Gasteiger partial charge in [0.25, 0.3) is 5.91 Å². The highest BCUT2D eigenvalue weighted by Crippen LogP contribution is 2.29. The molecule has 2 rings (SSSR count). The fourth-order valence-electron chi connectivity index (χ4n) is 2.45. The van der Waals surface area contributed by atoms with Crippen molar-refractivity contribution in [3.63, 3.8) is 0 Å². The van der Waals surface area contributed by atoms with Crippen LogP contribution in [-0.4, -0.2) is 28.4 Å². The summed E-state index contributed by atoms with van der Waals surface area (Å²) in [5.41, 5.74) is 7.45. The number of pyridine rings is 1. The molecule has 0 spiro atoms. The summed E-state index contributed by atoms with van der Waals surface area (Å²) in [6, 6.07) is 4.06. The largest absolute Gasteiger partial charge is 0.384 e. The van der Waals surface area contributed by atoms with Crippen molar-refractivity contribution in [3.05, 3.63) is 23.4 Å². The van der Waals surface area contributed by atoms with Crippen molar-refractivity contribution in [2.75, 3.05) is 12.3 Å². The Morgan fingerprint density at radius 2 is 2.10 bits per heavy atom. The third-order valence-corrected chi connectivity index (χ3v) is 3.65. The maximum atomic E-state index is 12.7. The Hall–Kier alpha value is -1.58. The van der Waals surface area contributed by atoms with Crippen LogP contribution in [0.2, 0.25) is 0 Å². The Morgan fingerprint density at radius 3 is 2.70 bits per heavy atom.